The molecule has 2 N–H and O–H groups in total. The maximum absolute atomic E-state index is 12.4. The molecule has 0 saturated heterocycles. The van der Waals surface area contributed by atoms with Gasteiger partial charge in [-0.2, -0.15) is 13.2 Å². The van der Waals surface area contributed by atoms with Crippen LogP contribution in [0.25, 0.3) is 0 Å². The summed E-state index contributed by atoms with van der Waals surface area (Å²) in [6, 6.07) is 5.21. The lowest BCUT2D eigenvalue weighted by Gasteiger charge is -2.09. The van der Waals surface area contributed by atoms with Gasteiger partial charge in [0, 0.05) is 19.6 Å². The Kier molecular flexibility index (Phi) is 6.35. The molecule has 1 aromatic rings. The molecule has 0 radical (unpaired) electrons. The van der Waals surface area contributed by atoms with Gasteiger partial charge in [-0.05, 0) is 38.0 Å². The first-order valence-corrected chi connectivity index (χ1v) is 6.65. The topological polar surface area (TPSA) is 36.4 Å². The molecule has 0 aromatic heterocycles. The summed E-state index contributed by atoms with van der Waals surface area (Å²) in [7, 11) is 0. The molecule has 0 saturated carbocycles. The summed E-state index contributed by atoms with van der Waals surface area (Å²) in [5.41, 5.74) is 0.222. The quantitative estimate of drug-likeness (QED) is 0.645. The fourth-order valence-electron chi connectivity index (χ4n) is 1.67. The van der Waals surface area contributed by atoms with Crippen molar-refractivity contribution >= 4 is 5.96 Å². The SMILES string of the molecule is CCNC(=NCCc1ccc(C(F)(F)F)cc1)NCC. The molecule has 0 bridgehead atoms. The molecule has 6 heteroatoms. The van der Waals surface area contributed by atoms with Gasteiger partial charge in [-0.1, -0.05) is 12.1 Å². The molecule has 20 heavy (non-hydrogen) atoms. The lowest BCUT2D eigenvalue weighted by molar-refractivity contribution is -0.137. The van der Waals surface area contributed by atoms with E-state index in [0.29, 0.717) is 13.0 Å². The standard InChI is InChI=1S/C14H20F3N3/c1-3-18-13(19-4-2)20-10-9-11-5-7-12(8-6-11)14(15,16)17/h5-8H,3-4,9-10H2,1-2H3,(H2,18,19,20). The Bertz CT molecular complexity index is 416. The lowest BCUT2D eigenvalue weighted by atomic mass is 10.1. The van der Waals surface area contributed by atoms with E-state index < -0.39 is 11.7 Å². The normalized spacial score (nSPS) is 11.1. The molecule has 3 nitrogen and oxygen atoms in total. The fraction of sp³-hybridized carbons (Fsp3) is 0.500. The van der Waals surface area contributed by atoms with E-state index in [2.05, 4.69) is 15.6 Å². The van der Waals surface area contributed by atoms with Crippen molar-refractivity contribution in [1.82, 2.24) is 10.6 Å². The minimum Gasteiger partial charge on any atom is -0.357 e. The Hall–Kier alpha value is -1.72. The first-order valence-electron chi connectivity index (χ1n) is 6.65. The second-order valence-electron chi connectivity index (χ2n) is 4.24. The third-order valence-corrected chi connectivity index (χ3v) is 2.64. The van der Waals surface area contributed by atoms with E-state index in [0.717, 1.165) is 36.7 Å². The molecular formula is C14H20F3N3. The molecule has 0 aliphatic heterocycles. The molecule has 0 atom stereocenters. The van der Waals surface area contributed by atoms with Gasteiger partial charge in [0.15, 0.2) is 5.96 Å². The molecule has 0 fully saturated rings. The van der Waals surface area contributed by atoms with E-state index in [9.17, 15) is 13.2 Å². The average molecular weight is 287 g/mol. The molecule has 1 aromatic carbocycles. The zero-order valence-electron chi connectivity index (χ0n) is 11.7. The van der Waals surface area contributed by atoms with E-state index in [1.165, 1.54) is 12.1 Å². The molecule has 112 valence electrons. The zero-order valence-corrected chi connectivity index (χ0v) is 11.7. The van der Waals surface area contributed by atoms with Crippen LogP contribution >= 0.6 is 0 Å². The number of hydrogen-bond acceptors (Lipinski definition) is 1. The Morgan fingerprint density at radius 1 is 1.05 bits per heavy atom. The highest BCUT2D eigenvalue weighted by Gasteiger charge is 2.29. The predicted molar refractivity (Wildman–Crippen MR) is 74.8 cm³/mol. The van der Waals surface area contributed by atoms with Crippen molar-refractivity contribution in [1.29, 1.82) is 0 Å². The van der Waals surface area contributed by atoms with Crippen LogP contribution in [0, 0.1) is 0 Å². The van der Waals surface area contributed by atoms with Gasteiger partial charge in [-0.25, -0.2) is 0 Å². The van der Waals surface area contributed by atoms with Crippen molar-refractivity contribution in [2.75, 3.05) is 19.6 Å². The summed E-state index contributed by atoms with van der Waals surface area (Å²) < 4.78 is 37.2. The van der Waals surface area contributed by atoms with Crippen LogP contribution in [0.4, 0.5) is 13.2 Å². The number of alkyl halides is 3. The number of hydrogen-bond donors (Lipinski definition) is 2. The van der Waals surface area contributed by atoms with E-state index in [4.69, 9.17) is 0 Å². The van der Waals surface area contributed by atoms with Crippen LogP contribution in [0.3, 0.4) is 0 Å². The number of halogens is 3. The van der Waals surface area contributed by atoms with Gasteiger partial charge in [0.05, 0.1) is 5.56 Å². The van der Waals surface area contributed by atoms with Crippen molar-refractivity contribution in [3.05, 3.63) is 35.4 Å². The van der Waals surface area contributed by atoms with Gasteiger partial charge in [-0.15, -0.1) is 0 Å². The Labute approximate surface area is 117 Å². The molecule has 0 unspecified atom stereocenters. The number of nitrogens with zero attached hydrogens (tertiary/aromatic N) is 1. The Morgan fingerprint density at radius 3 is 2.05 bits per heavy atom. The van der Waals surface area contributed by atoms with Gasteiger partial charge < -0.3 is 10.6 Å². The van der Waals surface area contributed by atoms with Gasteiger partial charge >= 0.3 is 6.18 Å². The number of aliphatic imine (C=N–C) groups is 1. The van der Waals surface area contributed by atoms with E-state index >= 15 is 0 Å². The summed E-state index contributed by atoms with van der Waals surface area (Å²) in [5, 5.41) is 6.18. The van der Waals surface area contributed by atoms with Crippen molar-refractivity contribution in [2.45, 2.75) is 26.4 Å². The van der Waals surface area contributed by atoms with Crippen molar-refractivity contribution in [3.63, 3.8) is 0 Å². The Balaban J connectivity index is 2.55. The van der Waals surface area contributed by atoms with Crippen molar-refractivity contribution < 1.29 is 13.2 Å². The van der Waals surface area contributed by atoms with Crippen molar-refractivity contribution in [2.24, 2.45) is 4.99 Å². The summed E-state index contributed by atoms with van der Waals surface area (Å²) >= 11 is 0. The van der Waals surface area contributed by atoms with Crippen LogP contribution in [0.5, 0.6) is 0 Å². The maximum atomic E-state index is 12.4. The van der Waals surface area contributed by atoms with E-state index in [-0.39, 0.29) is 0 Å². The molecule has 0 spiro atoms. The highest BCUT2D eigenvalue weighted by Crippen LogP contribution is 2.29. The van der Waals surface area contributed by atoms with Crippen LogP contribution < -0.4 is 10.6 Å². The largest absolute Gasteiger partial charge is 0.416 e. The first-order chi connectivity index (χ1) is 9.47. The smallest absolute Gasteiger partial charge is 0.357 e. The summed E-state index contributed by atoms with van der Waals surface area (Å²) in [4.78, 5) is 4.34. The second-order valence-corrected chi connectivity index (χ2v) is 4.24. The second kappa shape index (κ2) is 7.77. The zero-order chi connectivity index (χ0) is 15.0. The predicted octanol–water partition coefficient (Wildman–Crippen LogP) is 2.82. The minimum absolute atomic E-state index is 0.528. The van der Waals surface area contributed by atoms with Gasteiger partial charge in [-0.3, -0.25) is 4.99 Å². The van der Waals surface area contributed by atoms with Crippen LogP contribution in [0.15, 0.2) is 29.3 Å². The monoisotopic (exact) mass is 287 g/mol. The lowest BCUT2D eigenvalue weighted by Crippen LogP contribution is -2.37. The fourth-order valence-corrected chi connectivity index (χ4v) is 1.67. The highest BCUT2D eigenvalue weighted by atomic mass is 19.4. The number of guanidine groups is 1. The molecule has 0 aliphatic carbocycles. The van der Waals surface area contributed by atoms with Gasteiger partial charge in [0.25, 0.3) is 0 Å². The minimum atomic E-state index is -4.28. The summed E-state index contributed by atoms with van der Waals surface area (Å²) in [6.07, 6.45) is -3.67. The van der Waals surface area contributed by atoms with Crippen LogP contribution in [-0.2, 0) is 12.6 Å². The molecule has 1 rings (SSSR count). The third-order valence-electron chi connectivity index (χ3n) is 2.64. The highest BCUT2D eigenvalue weighted by molar-refractivity contribution is 5.79. The maximum Gasteiger partial charge on any atom is 0.416 e. The molecule has 0 heterocycles. The van der Waals surface area contributed by atoms with Crippen LogP contribution in [0.2, 0.25) is 0 Å². The number of benzene rings is 1. The third kappa shape index (κ3) is 5.50. The van der Waals surface area contributed by atoms with Crippen LogP contribution in [0.1, 0.15) is 25.0 Å². The Morgan fingerprint density at radius 2 is 1.60 bits per heavy atom. The molecular weight excluding hydrogens is 267 g/mol. The van der Waals surface area contributed by atoms with E-state index in [1.807, 2.05) is 13.8 Å². The van der Waals surface area contributed by atoms with E-state index in [1.54, 1.807) is 0 Å². The molecule has 0 amide bonds. The van der Waals surface area contributed by atoms with Gasteiger partial charge in [0.1, 0.15) is 0 Å². The molecule has 0 aliphatic rings. The average Bonchev–Trinajstić information content (AvgIpc) is 2.39. The summed E-state index contributed by atoms with van der Waals surface area (Å²) in [6.45, 7) is 6.02. The number of rotatable bonds is 5. The van der Waals surface area contributed by atoms with Crippen LogP contribution in [-0.4, -0.2) is 25.6 Å². The van der Waals surface area contributed by atoms with Gasteiger partial charge in [0.2, 0.25) is 0 Å². The first kappa shape index (κ1) is 16.3. The van der Waals surface area contributed by atoms with Crippen molar-refractivity contribution in [3.8, 4) is 0 Å². The number of nitrogens with one attached hydrogen (secondary N) is 2. The summed E-state index contributed by atoms with van der Waals surface area (Å²) in [5.74, 6) is 0.724.